The van der Waals surface area contributed by atoms with Crippen LogP contribution in [0.5, 0.6) is 0 Å². The molecule has 2 heteroatoms. The Hall–Kier alpha value is -2.61. The maximum Gasteiger partial charge on any atom is 0.0747 e. The number of nitrogens with one attached hydrogen (secondary N) is 1. The van der Waals surface area contributed by atoms with E-state index in [-0.39, 0.29) is 0 Å². The monoisotopic (exact) mass is 408 g/mol. The van der Waals surface area contributed by atoms with Crippen LogP contribution in [0.25, 0.3) is 22.9 Å². The average Bonchev–Trinajstić information content (AvgIpc) is 3.25. The fourth-order valence-corrected chi connectivity index (χ4v) is 6.48. The molecule has 2 aromatic carbocycles. The predicted octanol–water partition coefficient (Wildman–Crippen LogP) is 6.69. The molecule has 0 amide bonds. The molecule has 2 aliphatic heterocycles. The van der Waals surface area contributed by atoms with Crippen molar-refractivity contribution in [3.63, 3.8) is 0 Å². The van der Waals surface area contributed by atoms with E-state index in [9.17, 15) is 0 Å². The second kappa shape index (κ2) is 6.95. The molecule has 5 unspecified atom stereocenters. The zero-order chi connectivity index (χ0) is 21.2. The molecule has 1 fully saturated rings. The molecule has 0 saturated heterocycles. The van der Waals surface area contributed by atoms with Crippen molar-refractivity contribution in [3.8, 4) is 11.1 Å². The molecule has 1 N–H and O–H groups in total. The molecule has 0 spiro atoms. The Labute approximate surface area is 186 Å². The Morgan fingerprint density at radius 1 is 1.03 bits per heavy atom. The van der Waals surface area contributed by atoms with Crippen LogP contribution in [-0.2, 0) is 0 Å². The summed E-state index contributed by atoms with van der Waals surface area (Å²) in [4.78, 5) is 4.78. The lowest BCUT2D eigenvalue weighted by Gasteiger charge is -2.26. The first-order valence-electron chi connectivity index (χ1n) is 12.0. The molecule has 0 radical (unpaired) electrons. The number of nitrogens with zero attached hydrogens (tertiary/aromatic N) is 1. The minimum absolute atomic E-state index is 0.290. The van der Waals surface area contributed by atoms with Gasteiger partial charge in [0.2, 0.25) is 0 Å². The van der Waals surface area contributed by atoms with Gasteiger partial charge in [0.05, 0.1) is 6.04 Å². The Kier molecular flexibility index (Phi) is 4.28. The number of fused-ring (bicyclic) bond motifs is 4. The summed E-state index contributed by atoms with van der Waals surface area (Å²) < 4.78 is 0. The number of rotatable bonds is 3. The third-order valence-corrected chi connectivity index (χ3v) is 8.41. The molecule has 2 nitrogen and oxygen atoms in total. The Balaban J connectivity index is 1.25. The van der Waals surface area contributed by atoms with E-state index in [0.29, 0.717) is 29.3 Å². The molecule has 6 rings (SSSR count). The van der Waals surface area contributed by atoms with E-state index in [1.807, 2.05) is 0 Å². The van der Waals surface area contributed by atoms with Crippen LogP contribution in [0.4, 0.5) is 0 Å². The van der Waals surface area contributed by atoms with E-state index in [2.05, 4.69) is 93.0 Å². The van der Waals surface area contributed by atoms with E-state index in [1.165, 1.54) is 46.4 Å². The van der Waals surface area contributed by atoms with Crippen LogP contribution >= 0.6 is 0 Å². The summed E-state index contributed by atoms with van der Waals surface area (Å²) in [6.07, 6.45) is 12.8. The summed E-state index contributed by atoms with van der Waals surface area (Å²) in [5, 5.41) is 3.88. The summed E-state index contributed by atoms with van der Waals surface area (Å²) in [5.41, 5.74) is 8.34. The van der Waals surface area contributed by atoms with Crippen LogP contribution in [0, 0.1) is 17.8 Å². The fraction of sp³-hybridized carbons (Fsp3) is 0.414. The van der Waals surface area contributed by atoms with E-state index < -0.39 is 0 Å². The van der Waals surface area contributed by atoms with Crippen molar-refractivity contribution in [3.05, 3.63) is 71.3 Å². The average molecular weight is 409 g/mol. The highest BCUT2D eigenvalue weighted by Crippen LogP contribution is 2.60. The summed E-state index contributed by atoms with van der Waals surface area (Å²) in [6.45, 7) is 7.07. The molecule has 2 aromatic rings. The van der Waals surface area contributed by atoms with Crippen LogP contribution in [-0.4, -0.2) is 17.8 Å². The second-order valence-electron chi connectivity index (χ2n) is 10.2. The lowest BCUT2D eigenvalue weighted by Crippen LogP contribution is -2.35. The van der Waals surface area contributed by atoms with Crippen molar-refractivity contribution in [2.24, 2.45) is 22.7 Å². The smallest absolute Gasteiger partial charge is 0.0747 e. The lowest BCUT2D eigenvalue weighted by molar-refractivity contribution is 0.399. The number of aliphatic imine (C=N–C) groups is 1. The molecular formula is C29H32N2. The highest BCUT2D eigenvalue weighted by molar-refractivity contribution is 5.75. The normalized spacial score (nSPS) is 32.6. The summed E-state index contributed by atoms with van der Waals surface area (Å²) in [5.74, 6) is 2.63. The summed E-state index contributed by atoms with van der Waals surface area (Å²) in [7, 11) is 0. The first-order valence-corrected chi connectivity index (χ1v) is 12.0. The third-order valence-electron chi connectivity index (χ3n) is 8.41. The molecule has 0 aromatic heterocycles. The van der Waals surface area contributed by atoms with Gasteiger partial charge < -0.3 is 5.32 Å². The van der Waals surface area contributed by atoms with Crippen LogP contribution in [0.15, 0.2) is 59.6 Å². The van der Waals surface area contributed by atoms with Crippen molar-refractivity contribution in [2.75, 3.05) is 0 Å². The minimum Gasteiger partial charge on any atom is -0.378 e. The van der Waals surface area contributed by atoms with Crippen molar-refractivity contribution in [1.29, 1.82) is 0 Å². The van der Waals surface area contributed by atoms with Crippen molar-refractivity contribution in [1.82, 2.24) is 5.32 Å². The molecule has 1 saturated carbocycles. The van der Waals surface area contributed by atoms with E-state index in [4.69, 9.17) is 4.99 Å². The minimum atomic E-state index is 0.290. The van der Waals surface area contributed by atoms with Gasteiger partial charge in [-0.2, -0.15) is 0 Å². The quantitative estimate of drug-likeness (QED) is 0.601. The maximum absolute atomic E-state index is 4.78. The van der Waals surface area contributed by atoms with Gasteiger partial charge in [-0.3, -0.25) is 4.99 Å². The zero-order valence-corrected chi connectivity index (χ0v) is 18.8. The van der Waals surface area contributed by atoms with Crippen molar-refractivity contribution in [2.45, 2.75) is 57.5 Å². The van der Waals surface area contributed by atoms with Crippen molar-refractivity contribution < 1.29 is 0 Å². The van der Waals surface area contributed by atoms with E-state index >= 15 is 0 Å². The predicted molar refractivity (Wildman–Crippen MR) is 131 cm³/mol. The SMILES string of the molecule is CC(C)C12NC(c3ccc(-c4ccc5c(c4)C=CC4N=CCCCC54)cc3)=CC1C2C. The van der Waals surface area contributed by atoms with Crippen LogP contribution in [0.2, 0.25) is 0 Å². The van der Waals surface area contributed by atoms with Gasteiger partial charge in [0.25, 0.3) is 0 Å². The molecular weight excluding hydrogens is 376 g/mol. The Morgan fingerprint density at radius 3 is 2.58 bits per heavy atom. The standard InChI is InChI=1S/C29H32N2/c1-18(2)29-19(3)26(29)17-28(31-29)21-9-7-20(8-10-21)22-11-13-24-23(16-22)12-14-27-25(24)6-4-5-15-30-27/h7-19,25-27,31H,4-6H2,1-3H3. The molecule has 2 heterocycles. The number of hydrogen-bond acceptors (Lipinski definition) is 2. The summed E-state index contributed by atoms with van der Waals surface area (Å²) in [6, 6.07) is 16.5. The van der Waals surface area contributed by atoms with Gasteiger partial charge in [-0.15, -0.1) is 0 Å². The van der Waals surface area contributed by atoms with Gasteiger partial charge in [-0.1, -0.05) is 75.4 Å². The zero-order valence-electron chi connectivity index (χ0n) is 18.8. The van der Waals surface area contributed by atoms with Crippen LogP contribution in [0.1, 0.15) is 62.6 Å². The first-order chi connectivity index (χ1) is 15.1. The van der Waals surface area contributed by atoms with Gasteiger partial charge in [-0.25, -0.2) is 0 Å². The maximum atomic E-state index is 4.78. The number of hydrogen-bond donors (Lipinski definition) is 1. The van der Waals surface area contributed by atoms with E-state index in [0.717, 1.165) is 12.3 Å². The summed E-state index contributed by atoms with van der Waals surface area (Å²) >= 11 is 0. The van der Waals surface area contributed by atoms with Crippen LogP contribution in [0.3, 0.4) is 0 Å². The van der Waals surface area contributed by atoms with E-state index in [1.54, 1.807) is 0 Å². The molecule has 158 valence electrons. The van der Waals surface area contributed by atoms with Crippen LogP contribution < -0.4 is 5.32 Å². The highest BCUT2D eigenvalue weighted by Gasteiger charge is 2.65. The van der Waals surface area contributed by atoms with Gasteiger partial charge in [0, 0.05) is 23.1 Å². The fourth-order valence-electron chi connectivity index (χ4n) is 6.48. The molecule has 2 aliphatic carbocycles. The van der Waals surface area contributed by atoms with Gasteiger partial charge in [0.1, 0.15) is 0 Å². The third kappa shape index (κ3) is 2.87. The molecule has 4 aliphatic rings. The largest absolute Gasteiger partial charge is 0.378 e. The molecule has 5 atom stereocenters. The Morgan fingerprint density at radius 2 is 1.81 bits per heavy atom. The van der Waals surface area contributed by atoms with Gasteiger partial charge in [-0.05, 0) is 71.2 Å². The first kappa shape index (κ1) is 19.1. The lowest BCUT2D eigenvalue weighted by atomic mass is 9.80. The molecule has 31 heavy (non-hydrogen) atoms. The highest BCUT2D eigenvalue weighted by atomic mass is 15.1. The van der Waals surface area contributed by atoms with Gasteiger partial charge in [0.15, 0.2) is 0 Å². The molecule has 0 bridgehead atoms. The Bertz CT molecular complexity index is 1100. The van der Waals surface area contributed by atoms with Crippen molar-refractivity contribution >= 4 is 18.0 Å². The topological polar surface area (TPSA) is 24.4 Å². The number of benzene rings is 2. The van der Waals surface area contributed by atoms with Gasteiger partial charge >= 0.3 is 0 Å². The second-order valence-corrected chi connectivity index (χ2v) is 10.2.